The molecule has 8 heteroatoms. The molecule has 0 fully saturated rings. The van der Waals surface area contributed by atoms with Crippen molar-refractivity contribution < 1.29 is 19.1 Å². The summed E-state index contributed by atoms with van der Waals surface area (Å²) in [6.45, 7) is 0.973. The molecule has 0 aliphatic carbocycles. The molecule has 1 amide bonds. The Morgan fingerprint density at radius 1 is 1.19 bits per heavy atom. The van der Waals surface area contributed by atoms with Crippen molar-refractivity contribution in [3.63, 3.8) is 0 Å². The second kappa shape index (κ2) is 11.5. The molecule has 0 radical (unpaired) electrons. The zero-order valence-corrected chi connectivity index (χ0v) is 19.1. The van der Waals surface area contributed by atoms with E-state index < -0.39 is 6.04 Å². The number of amides is 1. The number of carbonyl (C=O) groups excluding carboxylic acids is 2. The fraction of sp³-hybridized carbons (Fsp3) is 0.500. The Hall–Kier alpha value is -3.16. The molecule has 0 bridgehead atoms. The lowest BCUT2D eigenvalue weighted by molar-refractivity contribution is -0.143. The third kappa shape index (κ3) is 6.18. The molecular formula is C24H32N4O4. The molecule has 2 aromatic rings. The number of nitrogens with zero attached hydrogens (tertiary/aromatic N) is 3. The van der Waals surface area contributed by atoms with Crippen molar-refractivity contribution >= 4 is 17.7 Å². The summed E-state index contributed by atoms with van der Waals surface area (Å²) in [4.78, 5) is 35.3. The van der Waals surface area contributed by atoms with Crippen LogP contribution in [-0.2, 0) is 27.2 Å². The maximum atomic E-state index is 12.9. The number of esters is 1. The highest BCUT2D eigenvalue weighted by Gasteiger charge is 2.25. The first-order valence-corrected chi connectivity index (χ1v) is 11.1. The zero-order chi connectivity index (χ0) is 22.9. The van der Waals surface area contributed by atoms with E-state index >= 15 is 0 Å². The standard InChI is InChI=1S/C24H32N4O4/c1-28(20(15-23(30)32-3)18-11-13-21(31-2)26-16-18)22(29)9-5-4-8-19-12-10-17-7-6-14-25-24(17)27-19/h10-13,16,20H,4-9,14-15H2,1-3H3,(H,25,27)/t20-/m0/s1. The highest BCUT2D eigenvalue weighted by atomic mass is 16.5. The van der Waals surface area contributed by atoms with Gasteiger partial charge in [0.15, 0.2) is 0 Å². The number of pyridine rings is 2. The molecule has 1 atom stereocenters. The molecule has 0 saturated heterocycles. The first kappa shape index (κ1) is 23.5. The molecule has 3 rings (SSSR count). The summed E-state index contributed by atoms with van der Waals surface area (Å²) in [5.74, 6) is 1.08. The van der Waals surface area contributed by atoms with E-state index in [0.717, 1.165) is 55.7 Å². The van der Waals surface area contributed by atoms with E-state index in [2.05, 4.69) is 22.4 Å². The Balaban J connectivity index is 1.54. The van der Waals surface area contributed by atoms with Crippen LogP contribution in [0.3, 0.4) is 0 Å². The molecule has 0 aromatic carbocycles. The van der Waals surface area contributed by atoms with E-state index in [1.165, 1.54) is 12.7 Å². The average molecular weight is 441 g/mol. The third-order valence-electron chi connectivity index (χ3n) is 5.83. The third-order valence-corrected chi connectivity index (χ3v) is 5.83. The van der Waals surface area contributed by atoms with E-state index in [1.54, 1.807) is 31.3 Å². The first-order valence-electron chi connectivity index (χ1n) is 11.1. The summed E-state index contributed by atoms with van der Waals surface area (Å²) in [6, 6.07) is 7.34. The van der Waals surface area contributed by atoms with Crippen LogP contribution in [0.4, 0.5) is 5.82 Å². The number of unbranched alkanes of at least 4 members (excludes halogenated alkanes) is 1. The van der Waals surface area contributed by atoms with E-state index in [9.17, 15) is 9.59 Å². The van der Waals surface area contributed by atoms with E-state index in [0.29, 0.717) is 12.3 Å². The highest BCUT2D eigenvalue weighted by Crippen LogP contribution is 2.26. The van der Waals surface area contributed by atoms with E-state index in [4.69, 9.17) is 14.5 Å². The molecule has 2 aromatic heterocycles. The lowest BCUT2D eigenvalue weighted by atomic mass is 10.0. The largest absolute Gasteiger partial charge is 0.481 e. The van der Waals surface area contributed by atoms with Gasteiger partial charge in [0.2, 0.25) is 11.8 Å². The maximum Gasteiger partial charge on any atom is 0.307 e. The molecule has 3 heterocycles. The lowest BCUT2D eigenvalue weighted by Gasteiger charge is -2.28. The molecule has 172 valence electrons. The Bertz CT molecular complexity index is 917. The molecule has 1 N–H and O–H groups in total. The number of ether oxygens (including phenoxy) is 2. The van der Waals surface area contributed by atoms with Crippen LogP contribution in [-0.4, -0.2) is 54.6 Å². The van der Waals surface area contributed by atoms with Gasteiger partial charge in [-0.2, -0.15) is 0 Å². The summed E-state index contributed by atoms with van der Waals surface area (Å²) < 4.78 is 9.93. The summed E-state index contributed by atoms with van der Waals surface area (Å²) >= 11 is 0. The molecule has 0 saturated carbocycles. The van der Waals surface area contributed by atoms with Crippen molar-refractivity contribution in [1.82, 2.24) is 14.9 Å². The van der Waals surface area contributed by atoms with Crippen LogP contribution in [0.2, 0.25) is 0 Å². The fourth-order valence-corrected chi connectivity index (χ4v) is 3.87. The number of aryl methyl sites for hydroxylation is 2. The minimum atomic E-state index is -0.443. The van der Waals surface area contributed by atoms with Gasteiger partial charge in [0.25, 0.3) is 0 Å². The van der Waals surface area contributed by atoms with Crippen LogP contribution in [0.15, 0.2) is 30.5 Å². The second-order valence-electron chi connectivity index (χ2n) is 7.98. The van der Waals surface area contributed by atoms with Crippen molar-refractivity contribution in [1.29, 1.82) is 0 Å². The van der Waals surface area contributed by atoms with Crippen molar-refractivity contribution in [2.75, 3.05) is 33.1 Å². The molecule has 8 nitrogen and oxygen atoms in total. The normalized spacial score (nSPS) is 13.5. The monoisotopic (exact) mass is 440 g/mol. The highest BCUT2D eigenvalue weighted by molar-refractivity contribution is 5.78. The van der Waals surface area contributed by atoms with Crippen molar-refractivity contribution in [3.05, 3.63) is 47.3 Å². The number of hydrogen-bond donors (Lipinski definition) is 1. The van der Waals surface area contributed by atoms with Crippen molar-refractivity contribution in [3.8, 4) is 5.88 Å². The van der Waals surface area contributed by atoms with Gasteiger partial charge in [0, 0.05) is 38.0 Å². The summed E-state index contributed by atoms with van der Waals surface area (Å²) in [5, 5.41) is 3.36. The van der Waals surface area contributed by atoms with Gasteiger partial charge >= 0.3 is 5.97 Å². The van der Waals surface area contributed by atoms with Gasteiger partial charge in [0.05, 0.1) is 26.7 Å². The van der Waals surface area contributed by atoms with Gasteiger partial charge < -0.3 is 19.7 Å². The first-order chi connectivity index (χ1) is 15.5. The number of carbonyl (C=O) groups is 2. The Labute approximate surface area is 189 Å². The van der Waals surface area contributed by atoms with Crippen LogP contribution in [0, 0.1) is 0 Å². The predicted molar refractivity (Wildman–Crippen MR) is 122 cm³/mol. The number of anilines is 1. The number of hydrogen-bond acceptors (Lipinski definition) is 7. The van der Waals surface area contributed by atoms with Crippen molar-refractivity contribution in [2.24, 2.45) is 0 Å². The minimum Gasteiger partial charge on any atom is -0.481 e. The summed E-state index contributed by atoms with van der Waals surface area (Å²) in [5.41, 5.74) is 3.09. The summed E-state index contributed by atoms with van der Waals surface area (Å²) in [6.07, 6.45) is 6.78. The van der Waals surface area contributed by atoms with Gasteiger partial charge in [-0.15, -0.1) is 0 Å². The summed E-state index contributed by atoms with van der Waals surface area (Å²) in [7, 11) is 4.61. The molecule has 0 spiro atoms. The lowest BCUT2D eigenvalue weighted by Crippen LogP contribution is -2.32. The van der Waals surface area contributed by atoms with Gasteiger partial charge in [-0.1, -0.05) is 12.1 Å². The molecule has 0 unspecified atom stereocenters. The number of methoxy groups -OCH3 is 2. The van der Waals surface area contributed by atoms with E-state index in [1.807, 2.05) is 6.07 Å². The average Bonchev–Trinajstić information content (AvgIpc) is 2.84. The van der Waals surface area contributed by atoms with Gasteiger partial charge in [-0.05, 0) is 49.3 Å². The minimum absolute atomic E-state index is 0.0187. The SMILES string of the molecule is COC(=O)C[C@@H](c1ccc(OC)nc1)N(C)C(=O)CCCCc1ccc2c(n1)NCCC2. The molecule has 1 aliphatic rings. The molecule has 32 heavy (non-hydrogen) atoms. The second-order valence-corrected chi connectivity index (χ2v) is 7.98. The zero-order valence-electron chi connectivity index (χ0n) is 19.1. The fourth-order valence-electron chi connectivity index (χ4n) is 3.87. The van der Waals surface area contributed by atoms with Crippen LogP contribution in [0.1, 0.15) is 55.0 Å². The quantitative estimate of drug-likeness (QED) is 0.447. The van der Waals surface area contributed by atoms with Gasteiger partial charge in [0.1, 0.15) is 5.82 Å². The van der Waals surface area contributed by atoms with Gasteiger partial charge in [-0.25, -0.2) is 9.97 Å². The van der Waals surface area contributed by atoms with Crippen LogP contribution >= 0.6 is 0 Å². The Morgan fingerprint density at radius 3 is 2.75 bits per heavy atom. The number of fused-ring (bicyclic) bond motifs is 1. The topological polar surface area (TPSA) is 93.7 Å². The van der Waals surface area contributed by atoms with Crippen LogP contribution < -0.4 is 10.1 Å². The number of nitrogens with one attached hydrogen (secondary N) is 1. The number of aromatic nitrogens is 2. The Kier molecular flexibility index (Phi) is 8.41. The molecular weight excluding hydrogens is 408 g/mol. The predicted octanol–water partition coefficient (Wildman–Crippen LogP) is 3.32. The maximum absolute atomic E-state index is 12.9. The Morgan fingerprint density at radius 2 is 2.03 bits per heavy atom. The van der Waals surface area contributed by atoms with E-state index in [-0.39, 0.29) is 18.3 Å². The van der Waals surface area contributed by atoms with Crippen molar-refractivity contribution in [2.45, 2.75) is 51.0 Å². The smallest absolute Gasteiger partial charge is 0.307 e. The van der Waals surface area contributed by atoms with Crippen LogP contribution in [0.5, 0.6) is 5.88 Å². The molecule has 1 aliphatic heterocycles. The van der Waals surface area contributed by atoms with Crippen LogP contribution in [0.25, 0.3) is 0 Å². The van der Waals surface area contributed by atoms with Gasteiger partial charge in [-0.3, -0.25) is 9.59 Å². The number of rotatable bonds is 10.